The zero-order valence-corrected chi connectivity index (χ0v) is 20.5. The van der Waals surface area contributed by atoms with Crippen molar-refractivity contribution in [2.24, 2.45) is 0 Å². The molecule has 0 aliphatic rings. The van der Waals surface area contributed by atoms with Crippen molar-refractivity contribution in [2.75, 3.05) is 27.8 Å². The van der Waals surface area contributed by atoms with Gasteiger partial charge in [-0.25, -0.2) is 0 Å². The van der Waals surface area contributed by atoms with Crippen molar-refractivity contribution in [1.82, 2.24) is 0 Å². The van der Waals surface area contributed by atoms with E-state index in [0.717, 1.165) is 12.8 Å². The van der Waals surface area contributed by atoms with Crippen LogP contribution in [-0.4, -0.2) is 54.1 Å². The maximum absolute atomic E-state index is 5.90. The van der Waals surface area contributed by atoms with Gasteiger partial charge in [-0.05, 0) is 0 Å². The molecule has 154 valence electrons. The van der Waals surface area contributed by atoms with Gasteiger partial charge in [-0.2, -0.15) is 0 Å². The van der Waals surface area contributed by atoms with Gasteiger partial charge >= 0.3 is 180 Å². The zero-order valence-electron chi connectivity index (χ0n) is 17.1. The molecule has 28 heavy (non-hydrogen) atoms. The summed E-state index contributed by atoms with van der Waals surface area (Å²) in [6.07, 6.45) is 2.03. The van der Waals surface area contributed by atoms with Crippen LogP contribution in [0.25, 0.3) is 0 Å². The molecule has 2 aromatic rings. The fourth-order valence-corrected chi connectivity index (χ4v) is 10.3. The summed E-state index contributed by atoms with van der Waals surface area (Å²) < 4.78 is 24.9. The van der Waals surface area contributed by atoms with Gasteiger partial charge in [-0.1, -0.05) is 0 Å². The predicted molar refractivity (Wildman–Crippen MR) is 116 cm³/mol. The first kappa shape index (κ1) is 23.6. The second-order valence-electron chi connectivity index (χ2n) is 6.18. The normalized spacial score (nSPS) is 13.4. The third-order valence-electron chi connectivity index (χ3n) is 4.27. The molecule has 2 rings (SSSR count). The van der Waals surface area contributed by atoms with E-state index >= 15 is 0 Å². The minimum absolute atomic E-state index is 0.0810. The quantitative estimate of drug-likeness (QED) is 0.303. The molecule has 4 nitrogen and oxygen atoms in total. The first-order valence-corrected chi connectivity index (χ1v) is 15.5. The van der Waals surface area contributed by atoms with Crippen LogP contribution in [0.15, 0.2) is 48.5 Å². The molecule has 0 heterocycles. The van der Waals surface area contributed by atoms with Crippen LogP contribution in [0.2, 0.25) is 0 Å². The Bertz CT molecular complexity index is 636. The second kappa shape index (κ2) is 13.5. The van der Waals surface area contributed by atoms with Crippen LogP contribution in [0.4, 0.5) is 0 Å². The second-order valence-corrected chi connectivity index (χ2v) is 12.4. The number of ether oxygens (including phenoxy) is 4. The SMILES string of the molecule is CC[C@H](OCOC)c1ccccc1[Se][Se]c1ccccc1[C@H](CC)OCOC. The van der Waals surface area contributed by atoms with E-state index in [-0.39, 0.29) is 12.2 Å². The van der Waals surface area contributed by atoms with Crippen molar-refractivity contribution < 1.29 is 18.9 Å². The molecular formula is C22H30O4Se2. The molecule has 6 heteroatoms. The summed E-state index contributed by atoms with van der Waals surface area (Å²) in [5.74, 6) is 0. The fourth-order valence-electron chi connectivity index (χ4n) is 2.89. The fraction of sp³-hybridized carbons (Fsp3) is 0.455. The number of hydrogen-bond acceptors (Lipinski definition) is 4. The Labute approximate surface area is 180 Å². The molecule has 0 spiro atoms. The Morgan fingerprint density at radius 1 is 0.679 bits per heavy atom. The number of benzene rings is 2. The van der Waals surface area contributed by atoms with E-state index in [4.69, 9.17) is 18.9 Å². The summed E-state index contributed by atoms with van der Waals surface area (Å²) in [5.41, 5.74) is 2.59. The van der Waals surface area contributed by atoms with Crippen molar-refractivity contribution in [1.29, 1.82) is 0 Å². The molecule has 0 radical (unpaired) electrons. The first-order valence-electron chi connectivity index (χ1n) is 9.48. The van der Waals surface area contributed by atoms with Gasteiger partial charge in [0.05, 0.1) is 0 Å². The van der Waals surface area contributed by atoms with Crippen LogP contribution in [-0.2, 0) is 18.9 Å². The van der Waals surface area contributed by atoms with Crippen LogP contribution in [0.5, 0.6) is 0 Å². The van der Waals surface area contributed by atoms with Crippen molar-refractivity contribution in [3.63, 3.8) is 0 Å². The van der Waals surface area contributed by atoms with E-state index in [9.17, 15) is 0 Å². The molecule has 0 amide bonds. The summed E-state index contributed by atoms with van der Waals surface area (Å²) in [4.78, 5) is 0. The molecule has 0 aliphatic carbocycles. The number of rotatable bonds is 13. The van der Waals surface area contributed by atoms with Crippen molar-refractivity contribution >= 4 is 35.2 Å². The van der Waals surface area contributed by atoms with E-state index in [1.165, 1.54) is 20.1 Å². The van der Waals surface area contributed by atoms with Gasteiger partial charge in [0.1, 0.15) is 0 Å². The standard InChI is InChI=1S/C22H30O4Se2/c1-5-19(25-15-23-3)17-11-7-9-13-21(17)27-28-22-14-10-8-12-18(22)20(6-2)26-16-24-4/h7-14,19-20H,5-6,15-16H2,1-4H3/t19-,20-/m0/s1. The molecule has 0 N–H and O–H groups in total. The molecule has 0 aliphatic heterocycles. The van der Waals surface area contributed by atoms with Crippen LogP contribution in [0.1, 0.15) is 50.0 Å². The van der Waals surface area contributed by atoms with Crippen LogP contribution in [0.3, 0.4) is 0 Å². The summed E-state index contributed by atoms with van der Waals surface area (Å²) in [5, 5.41) is 0. The van der Waals surface area contributed by atoms with Gasteiger partial charge in [-0.15, -0.1) is 0 Å². The third-order valence-corrected chi connectivity index (χ3v) is 11.6. The molecular weight excluding hydrogens is 486 g/mol. The molecule has 2 atom stereocenters. The van der Waals surface area contributed by atoms with E-state index in [0.29, 0.717) is 39.8 Å². The topological polar surface area (TPSA) is 36.9 Å². The Balaban J connectivity index is 2.17. The average molecular weight is 516 g/mol. The minimum atomic E-state index is 0.0810. The summed E-state index contributed by atoms with van der Waals surface area (Å²) in [6, 6.07) is 17.3. The zero-order chi connectivity index (χ0) is 20.2. The molecule has 2 aromatic carbocycles. The van der Waals surface area contributed by atoms with Gasteiger partial charge < -0.3 is 0 Å². The summed E-state index contributed by atoms with van der Waals surface area (Å²) in [7, 11) is 3.33. The van der Waals surface area contributed by atoms with Crippen LogP contribution < -0.4 is 8.92 Å². The average Bonchev–Trinajstić information content (AvgIpc) is 2.74. The maximum atomic E-state index is 5.90. The van der Waals surface area contributed by atoms with E-state index in [2.05, 4.69) is 62.4 Å². The van der Waals surface area contributed by atoms with E-state index in [1.807, 2.05) is 0 Å². The van der Waals surface area contributed by atoms with Gasteiger partial charge in [0.25, 0.3) is 0 Å². The monoisotopic (exact) mass is 518 g/mol. The molecule has 0 fully saturated rings. The first-order chi connectivity index (χ1) is 13.7. The Morgan fingerprint density at radius 3 is 1.43 bits per heavy atom. The number of methoxy groups -OCH3 is 2. The van der Waals surface area contributed by atoms with E-state index in [1.54, 1.807) is 14.2 Å². The van der Waals surface area contributed by atoms with Crippen LogP contribution in [0, 0.1) is 0 Å². The predicted octanol–water partition coefficient (Wildman–Crippen LogP) is 3.10. The summed E-state index contributed by atoms with van der Waals surface area (Å²) >= 11 is 0.728. The van der Waals surface area contributed by atoms with Crippen molar-refractivity contribution in [3.05, 3.63) is 59.7 Å². The Morgan fingerprint density at radius 2 is 1.07 bits per heavy atom. The van der Waals surface area contributed by atoms with Gasteiger partial charge in [-0.3, -0.25) is 0 Å². The Kier molecular flexibility index (Phi) is 11.4. The van der Waals surface area contributed by atoms with Crippen molar-refractivity contribution in [3.8, 4) is 0 Å². The molecule has 0 saturated heterocycles. The Hall–Kier alpha value is -0.681. The van der Waals surface area contributed by atoms with Gasteiger partial charge in [0.2, 0.25) is 0 Å². The molecule has 0 aromatic heterocycles. The number of hydrogen-bond donors (Lipinski definition) is 0. The molecule has 0 unspecified atom stereocenters. The summed E-state index contributed by atoms with van der Waals surface area (Å²) in [6.45, 7) is 4.96. The third kappa shape index (κ3) is 6.98. The van der Waals surface area contributed by atoms with Gasteiger partial charge in [0.15, 0.2) is 0 Å². The molecule has 0 saturated carbocycles. The van der Waals surface area contributed by atoms with Gasteiger partial charge in [0, 0.05) is 0 Å². The molecule has 0 bridgehead atoms. The van der Waals surface area contributed by atoms with E-state index < -0.39 is 0 Å². The van der Waals surface area contributed by atoms with Crippen molar-refractivity contribution in [2.45, 2.75) is 38.9 Å². The van der Waals surface area contributed by atoms with Crippen LogP contribution >= 0.6 is 0 Å².